The van der Waals surface area contributed by atoms with Crippen molar-refractivity contribution in [3.8, 4) is 11.5 Å². The molecule has 0 spiro atoms. The van der Waals surface area contributed by atoms with Gasteiger partial charge in [0.05, 0.1) is 6.04 Å². The van der Waals surface area contributed by atoms with Gasteiger partial charge in [-0.25, -0.2) is 0 Å². The monoisotopic (exact) mass is 434 g/mol. The maximum absolute atomic E-state index is 12.6. The van der Waals surface area contributed by atoms with Crippen LogP contribution in [0.5, 0.6) is 11.5 Å². The molecular formula is C19H19BrN2O3S. The Bertz CT molecular complexity index is 800. The number of fused-ring (bicyclic) bond motifs is 1. The average Bonchev–Trinajstić information content (AvgIpc) is 3.14. The molecule has 2 aliphatic rings. The van der Waals surface area contributed by atoms with Gasteiger partial charge in [0.1, 0.15) is 0 Å². The van der Waals surface area contributed by atoms with Crippen LogP contribution in [0.25, 0.3) is 0 Å². The van der Waals surface area contributed by atoms with Gasteiger partial charge in [-0.1, -0.05) is 34.1 Å². The fourth-order valence-corrected chi connectivity index (χ4v) is 4.45. The first-order valence-electron chi connectivity index (χ1n) is 8.44. The van der Waals surface area contributed by atoms with E-state index >= 15 is 0 Å². The number of halogens is 1. The second-order valence-electron chi connectivity index (χ2n) is 6.27. The lowest BCUT2D eigenvalue weighted by Gasteiger charge is -2.30. The van der Waals surface area contributed by atoms with Gasteiger partial charge in [0.15, 0.2) is 11.5 Å². The topological polar surface area (TPSA) is 59.6 Å². The first-order valence-corrected chi connectivity index (χ1v) is 10.4. The Morgan fingerprint density at radius 2 is 1.96 bits per heavy atom. The lowest BCUT2D eigenvalue weighted by atomic mass is 10.1. The molecule has 136 valence electrons. The Kier molecular flexibility index (Phi) is 5.38. The highest BCUT2D eigenvalue weighted by atomic mass is 79.9. The van der Waals surface area contributed by atoms with E-state index in [2.05, 4.69) is 38.7 Å². The Hall–Kier alpha value is -1.70. The zero-order chi connectivity index (χ0) is 17.9. The molecular weight excluding hydrogens is 416 g/mol. The highest BCUT2D eigenvalue weighted by Crippen LogP contribution is 2.32. The molecule has 1 unspecified atom stereocenters. The first kappa shape index (κ1) is 17.7. The van der Waals surface area contributed by atoms with Crippen molar-refractivity contribution in [1.82, 2.24) is 10.6 Å². The molecule has 2 aliphatic heterocycles. The molecule has 2 aromatic carbocycles. The predicted octanol–water partition coefficient (Wildman–Crippen LogP) is 3.24. The van der Waals surface area contributed by atoms with Gasteiger partial charge in [-0.15, -0.1) is 0 Å². The van der Waals surface area contributed by atoms with Gasteiger partial charge in [0.2, 0.25) is 12.7 Å². The molecule has 0 aromatic heterocycles. The summed E-state index contributed by atoms with van der Waals surface area (Å²) in [5.74, 6) is 3.26. The van der Waals surface area contributed by atoms with Crippen LogP contribution < -0.4 is 20.1 Å². The third-order valence-corrected chi connectivity index (χ3v) is 6.13. The summed E-state index contributed by atoms with van der Waals surface area (Å²) < 4.78 is 11.7. The van der Waals surface area contributed by atoms with Crippen LogP contribution in [0.2, 0.25) is 0 Å². The third kappa shape index (κ3) is 4.00. The number of carbonyl (C=O) groups is 1. The third-order valence-electron chi connectivity index (χ3n) is 4.46. The molecule has 1 amide bonds. The largest absolute Gasteiger partial charge is 0.454 e. The van der Waals surface area contributed by atoms with Crippen LogP contribution in [0.4, 0.5) is 0 Å². The second kappa shape index (κ2) is 7.90. The maximum Gasteiger partial charge on any atom is 0.238 e. The number of thioether (sulfide) groups is 1. The number of nitrogens with one attached hydrogen (secondary N) is 2. The Morgan fingerprint density at radius 1 is 1.15 bits per heavy atom. The molecule has 0 bridgehead atoms. The summed E-state index contributed by atoms with van der Waals surface area (Å²) in [6.45, 7) is 0.729. The number of rotatable bonds is 4. The minimum atomic E-state index is -0.198. The summed E-state index contributed by atoms with van der Waals surface area (Å²) in [7, 11) is 0. The van der Waals surface area contributed by atoms with Crippen molar-refractivity contribution < 1.29 is 14.3 Å². The number of carbonyl (C=O) groups excluding carboxylic acids is 1. The molecule has 1 fully saturated rings. The molecule has 1 saturated heterocycles. The zero-order valence-electron chi connectivity index (χ0n) is 14.0. The Balaban J connectivity index is 1.34. The fourth-order valence-electron chi connectivity index (χ4n) is 3.05. The summed E-state index contributed by atoms with van der Waals surface area (Å²) >= 11 is 5.26. The van der Waals surface area contributed by atoms with Crippen LogP contribution in [0, 0.1) is 0 Å². The van der Waals surface area contributed by atoms with Crippen LogP contribution in [-0.4, -0.2) is 30.2 Å². The number of amides is 1. The zero-order valence-corrected chi connectivity index (χ0v) is 16.4. The molecule has 0 saturated carbocycles. The summed E-state index contributed by atoms with van der Waals surface area (Å²) in [6, 6.07) is 14.0. The van der Waals surface area contributed by atoms with E-state index in [1.54, 1.807) is 11.8 Å². The van der Waals surface area contributed by atoms with Gasteiger partial charge in [-0.2, -0.15) is 11.8 Å². The number of hydrogen-bond acceptors (Lipinski definition) is 5. The minimum Gasteiger partial charge on any atom is -0.454 e. The normalized spacial score (nSPS) is 21.4. The summed E-state index contributed by atoms with van der Waals surface area (Å²) in [6.07, 6.45) is 0. The lowest BCUT2D eigenvalue weighted by Crippen LogP contribution is -2.50. The summed E-state index contributed by atoms with van der Waals surface area (Å²) in [4.78, 5) is 12.6. The van der Waals surface area contributed by atoms with Crippen molar-refractivity contribution in [3.05, 3.63) is 58.1 Å². The molecule has 7 heteroatoms. The van der Waals surface area contributed by atoms with E-state index in [9.17, 15) is 4.79 Å². The van der Waals surface area contributed by atoms with E-state index in [4.69, 9.17) is 9.47 Å². The van der Waals surface area contributed by atoms with Gasteiger partial charge in [0.25, 0.3) is 0 Å². The van der Waals surface area contributed by atoms with Crippen molar-refractivity contribution >= 4 is 33.6 Å². The van der Waals surface area contributed by atoms with Crippen LogP contribution >= 0.6 is 27.7 Å². The number of benzene rings is 2. The molecule has 4 rings (SSSR count). The van der Waals surface area contributed by atoms with Crippen molar-refractivity contribution in [2.24, 2.45) is 0 Å². The van der Waals surface area contributed by atoms with E-state index in [1.165, 1.54) is 5.56 Å². The fraction of sp³-hybridized carbons (Fsp3) is 0.316. The van der Waals surface area contributed by atoms with Crippen LogP contribution in [0.1, 0.15) is 17.2 Å². The number of hydrogen-bond donors (Lipinski definition) is 2. The first-order chi connectivity index (χ1) is 12.7. The highest BCUT2D eigenvalue weighted by molar-refractivity contribution is 9.10. The molecule has 5 nitrogen and oxygen atoms in total. The smallest absolute Gasteiger partial charge is 0.238 e. The molecule has 26 heavy (non-hydrogen) atoms. The summed E-state index contributed by atoms with van der Waals surface area (Å²) in [5.41, 5.74) is 2.20. The maximum atomic E-state index is 12.6. The molecule has 0 radical (unpaired) electrons. The quantitative estimate of drug-likeness (QED) is 0.773. The van der Waals surface area contributed by atoms with Gasteiger partial charge >= 0.3 is 0 Å². The standard InChI is InChI=1S/C19H19BrN2O3S/c20-14-4-2-13(3-5-14)15-9-26-10-16(22-15)19(23)21-8-12-1-6-17-18(7-12)25-11-24-17/h1-7,15-16,22H,8-11H2,(H,21,23)/t15?,16-/m0/s1. The van der Waals surface area contributed by atoms with Gasteiger partial charge < -0.3 is 14.8 Å². The van der Waals surface area contributed by atoms with Crippen LogP contribution in [-0.2, 0) is 11.3 Å². The predicted molar refractivity (Wildman–Crippen MR) is 106 cm³/mol. The second-order valence-corrected chi connectivity index (χ2v) is 8.26. The van der Waals surface area contributed by atoms with E-state index in [0.29, 0.717) is 6.54 Å². The van der Waals surface area contributed by atoms with Gasteiger partial charge in [0, 0.05) is 28.6 Å². The highest BCUT2D eigenvalue weighted by Gasteiger charge is 2.27. The SMILES string of the molecule is O=C(NCc1ccc2c(c1)OCO2)[C@@H]1CSCC(c2ccc(Br)cc2)N1. The van der Waals surface area contributed by atoms with Crippen LogP contribution in [0.15, 0.2) is 46.9 Å². The Morgan fingerprint density at radius 3 is 2.81 bits per heavy atom. The number of ether oxygens (including phenoxy) is 2. The molecule has 0 aliphatic carbocycles. The van der Waals surface area contributed by atoms with E-state index in [1.807, 2.05) is 30.3 Å². The lowest BCUT2D eigenvalue weighted by molar-refractivity contribution is -0.123. The van der Waals surface area contributed by atoms with E-state index in [0.717, 1.165) is 33.0 Å². The molecule has 2 N–H and O–H groups in total. The van der Waals surface area contributed by atoms with Crippen molar-refractivity contribution in [2.45, 2.75) is 18.6 Å². The van der Waals surface area contributed by atoms with Gasteiger partial charge in [-0.3, -0.25) is 10.1 Å². The Labute approximate surface area is 165 Å². The molecule has 2 atom stereocenters. The minimum absolute atomic E-state index is 0.0250. The van der Waals surface area contributed by atoms with Crippen molar-refractivity contribution in [2.75, 3.05) is 18.3 Å². The molecule has 2 aromatic rings. The van der Waals surface area contributed by atoms with Crippen molar-refractivity contribution in [1.29, 1.82) is 0 Å². The van der Waals surface area contributed by atoms with E-state index < -0.39 is 0 Å². The van der Waals surface area contributed by atoms with Crippen LogP contribution in [0.3, 0.4) is 0 Å². The summed E-state index contributed by atoms with van der Waals surface area (Å²) in [5, 5.41) is 6.50. The molecule has 2 heterocycles. The van der Waals surface area contributed by atoms with Gasteiger partial charge in [-0.05, 0) is 35.4 Å². The average molecular weight is 435 g/mol. The van der Waals surface area contributed by atoms with Crippen molar-refractivity contribution in [3.63, 3.8) is 0 Å². The van der Waals surface area contributed by atoms with E-state index in [-0.39, 0.29) is 24.8 Å².